The molecule has 1 aromatic carbocycles. The lowest BCUT2D eigenvalue weighted by Gasteiger charge is -2.18. The summed E-state index contributed by atoms with van der Waals surface area (Å²) in [6.45, 7) is 7.33. The second kappa shape index (κ2) is 11.6. The number of likely N-dealkylation sites (tertiary alicyclic amines) is 1. The van der Waals surface area contributed by atoms with Gasteiger partial charge in [0, 0.05) is 38.6 Å². The first kappa shape index (κ1) is 20.3. The number of aryl methyl sites for hydroxylation is 1. The lowest BCUT2D eigenvalue weighted by Crippen LogP contribution is -2.45. The summed E-state index contributed by atoms with van der Waals surface area (Å²) in [6.07, 6.45) is 6.23. The van der Waals surface area contributed by atoms with E-state index in [1.54, 1.807) is 0 Å². The first-order valence-electron chi connectivity index (χ1n) is 10.1. The standard InChI is InChI=1S/C21H34N4O/c1-3-20(26)25-16-14-19(17-25)24-21(22-4-2)23-15-10-6-9-13-18-11-7-5-8-12-18/h5,7-8,11-12,19H,3-4,6,9-10,13-17H2,1-2H3,(H2,22,23,24). The molecular weight excluding hydrogens is 324 g/mol. The number of guanidine groups is 1. The number of carbonyl (C=O) groups excluding carboxylic acids is 1. The van der Waals surface area contributed by atoms with Crippen molar-refractivity contribution in [2.24, 2.45) is 4.99 Å². The van der Waals surface area contributed by atoms with E-state index in [2.05, 4.69) is 47.9 Å². The van der Waals surface area contributed by atoms with E-state index in [4.69, 9.17) is 4.99 Å². The van der Waals surface area contributed by atoms with Crippen LogP contribution in [-0.4, -0.2) is 49.0 Å². The summed E-state index contributed by atoms with van der Waals surface area (Å²) in [4.78, 5) is 18.5. The summed E-state index contributed by atoms with van der Waals surface area (Å²) in [5, 5.41) is 6.81. The van der Waals surface area contributed by atoms with Gasteiger partial charge in [-0.15, -0.1) is 0 Å². The zero-order chi connectivity index (χ0) is 18.6. The third kappa shape index (κ3) is 7.06. The lowest BCUT2D eigenvalue weighted by atomic mass is 10.1. The molecule has 5 heteroatoms. The van der Waals surface area contributed by atoms with Crippen LogP contribution in [0.25, 0.3) is 0 Å². The van der Waals surface area contributed by atoms with Gasteiger partial charge in [0.15, 0.2) is 5.96 Å². The van der Waals surface area contributed by atoms with Crippen LogP contribution in [0.3, 0.4) is 0 Å². The molecule has 1 heterocycles. The Balaban J connectivity index is 1.67. The highest BCUT2D eigenvalue weighted by molar-refractivity contribution is 5.80. The van der Waals surface area contributed by atoms with Gasteiger partial charge in [-0.3, -0.25) is 9.79 Å². The molecule has 0 bridgehead atoms. The fourth-order valence-electron chi connectivity index (χ4n) is 3.29. The Labute approximate surface area is 158 Å². The summed E-state index contributed by atoms with van der Waals surface area (Å²) < 4.78 is 0. The topological polar surface area (TPSA) is 56.7 Å². The first-order valence-corrected chi connectivity index (χ1v) is 10.1. The Morgan fingerprint density at radius 3 is 2.73 bits per heavy atom. The van der Waals surface area contributed by atoms with Gasteiger partial charge in [0.05, 0.1) is 0 Å². The van der Waals surface area contributed by atoms with Crippen molar-refractivity contribution in [1.82, 2.24) is 15.5 Å². The smallest absolute Gasteiger partial charge is 0.222 e. The van der Waals surface area contributed by atoms with Crippen LogP contribution in [0.15, 0.2) is 35.3 Å². The molecule has 1 aromatic rings. The van der Waals surface area contributed by atoms with Gasteiger partial charge in [-0.2, -0.15) is 0 Å². The third-order valence-corrected chi connectivity index (χ3v) is 4.76. The number of benzene rings is 1. The Hall–Kier alpha value is -2.04. The van der Waals surface area contributed by atoms with Crippen LogP contribution in [0, 0.1) is 0 Å². The van der Waals surface area contributed by atoms with E-state index in [1.807, 2.05) is 11.8 Å². The van der Waals surface area contributed by atoms with Gasteiger partial charge in [-0.25, -0.2) is 0 Å². The van der Waals surface area contributed by atoms with Gasteiger partial charge in [0.1, 0.15) is 0 Å². The van der Waals surface area contributed by atoms with Crippen molar-refractivity contribution in [2.45, 2.75) is 58.4 Å². The van der Waals surface area contributed by atoms with Gasteiger partial charge in [0.2, 0.25) is 5.91 Å². The SMILES string of the molecule is CCNC(=NCCCCCc1ccccc1)NC1CCN(C(=O)CC)C1. The number of unbranched alkanes of at least 4 members (excludes halogenated alkanes) is 2. The molecule has 1 amide bonds. The molecule has 1 saturated heterocycles. The van der Waals surface area contributed by atoms with Crippen molar-refractivity contribution in [1.29, 1.82) is 0 Å². The van der Waals surface area contributed by atoms with Gasteiger partial charge >= 0.3 is 0 Å². The minimum atomic E-state index is 0.245. The number of carbonyl (C=O) groups is 1. The van der Waals surface area contributed by atoms with E-state index in [-0.39, 0.29) is 5.91 Å². The third-order valence-electron chi connectivity index (χ3n) is 4.76. The maximum atomic E-state index is 11.8. The van der Waals surface area contributed by atoms with Gasteiger partial charge in [-0.05, 0) is 38.2 Å². The van der Waals surface area contributed by atoms with Gasteiger partial charge in [0.25, 0.3) is 0 Å². The van der Waals surface area contributed by atoms with E-state index >= 15 is 0 Å². The van der Waals surface area contributed by atoms with Crippen LogP contribution in [0.1, 0.15) is 51.5 Å². The Morgan fingerprint density at radius 2 is 2.00 bits per heavy atom. The predicted octanol–water partition coefficient (Wildman–Crippen LogP) is 2.97. The Morgan fingerprint density at radius 1 is 1.19 bits per heavy atom. The largest absolute Gasteiger partial charge is 0.357 e. The number of aliphatic imine (C=N–C) groups is 1. The molecule has 2 N–H and O–H groups in total. The normalized spacial score (nSPS) is 17.4. The molecule has 0 aromatic heterocycles. The van der Waals surface area contributed by atoms with Crippen molar-refractivity contribution in [3.05, 3.63) is 35.9 Å². The van der Waals surface area contributed by atoms with Crippen molar-refractivity contribution >= 4 is 11.9 Å². The van der Waals surface area contributed by atoms with E-state index in [0.717, 1.165) is 51.4 Å². The first-order chi connectivity index (χ1) is 12.7. The highest BCUT2D eigenvalue weighted by Gasteiger charge is 2.25. The summed E-state index contributed by atoms with van der Waals surface area (Å²) >= 11 is 0. The van der Waals surface area contributed by atoms with E-state index in [1.165, 1.54) is 18.4 Å². The molecule has 0 saturated carbocycles. The molecule has 1 unspecified atom stereocenters. The average Bonchev–Trinajstić information content (AvgIpc) is 3.13. The summed E-state index contributed by atoms with van der Waals surface area (Å²) in [5.74, 6) is 1.13. The van der Waals surface area contributed by atoms with Crippen molar-refractivity contribution < 1.29 is 4.79 Å². The van der Waals surface area contributed by atoms with E-state index < -0.39 is 0 Å². The lowest BCUT2D eigenvalue weighted by molar-refractivity contribution is -0.129. The maximum Gasteiger partial charge on any atom is 0.222 e. The zero-order valence-electron chi connectivity index (χ0n) is 16.3. The summed E-state index contributed by atoms with van der Waals surface area (Å²) in [6, 6.07) is 11.0. The fourth-order valence-corrected chi connectivity index (χ4v) is 3.29. The minimum absolute atomic E-state index is 0.245. The van der Waals surface area contributed by atoms with Crippen LogP contribution in [0.4, 0.5) is 0 Å². The number of nitrogens with one attached hydrogen (secondary N) is 2. The maximum absolute atomic E-state index is 11.8. The minimum Gasteiger partial charge on any atom is -0.357 e. The molecule has 1 aliphatic rings. The molecule has 144 valence electrons. The molecule has 2 rings (SSSR count). The predicted molar refractivity (Wildman–Crippen MR) is 108 cm³/mol. The number of hydrogen-bond acceptors (Lipinski definition) is 2. The van der Waals surface area contributed by atoms with Crippen molar-refractivity contribution in [3.63, 3.8) is 0 Å². The molecule has 1 atom stereocenters. The van der Waals surface area contributed by atoms with E-state index in [9.17, 15) is 4.79 Å². The van der Waals surface area contributed by atoms with Crippen LogP contribution in [0.2, 0.25) is 0 Å². The van der Waals surface area contributed by atoms with Gasteiger partial charge < -0.3 is 15.5 Å². The zero-order valence-corrected chi connectivity index (χ0v) is 16.3. The van der Waals surface area contributed by atoms with Crippen LogP contribution < -0.4 is 10.6 Å². The highest BCUT2D eigenvalue weighted by atomic mass is 16.2. The molecular formula is C21H34N4O. The Kier molecular flexibility index (Phi) is 9.01. The molecule has 5 nitrogen and oxygen atoms in total. The molecule has 0 radical (unpaired) electrons. The van der Waals surface area contributed by atoms with Crippen LogP contribution in [-0.2, 0) is 11.2 Å². The second-order valence-electron chi connectivity index (χ2n) is 6.88. The monoisotopic (exact) mass is 358 g/mol. The average molecular weight is 359 g/mol. The highest BCUT2D eigenvalue weighted by Crippen LogP contribution is 2.10. The van der Waals surface area contributed by atoms with Gasteiger partial charge in [-0.1, -0.05) is 43.7 Å². The number of amides is 1. The van der Waals surface area contributed by atoms with Crippen LogP contribution in [0.5, 0.6) is 0 Å². The Bertz CT molecular complexity index is 558. The number of hydrogen-bond donors (Lipinski definition) is 2. The fraction of sp³-hybridized carbons (Fsp3) is 0.619. The number of rotatable bonds is 9. The molecule has 26 heavy (non-hydrogen) atoms. The summed E-state index contributed by atoms with van der Waals surface area (Å²) in [5.41, 5.74) is 1.42. The summed E-state index contributed by atoms with van der Waals surface area (Å²) in [7, 11) is 0. The second-order valence-corrected chi connectivity index (χ2v) is 6.88. The molecule has 0 aliphatic carbocycles. The number of nitrogens with zero attached hydrogens (tertiary/aromatic N) is 2. The van der Waals surface area contributed by atoms with Crippen LogP contribution >= 0.6 is 0 Å². The molecule has 1 aliphatic heterocycles. The molecule has 1 fully saturated rings. The van der Waals surface area contributed by atoms with E-state index in [0.29, 0.717) is 12.5 Å². The quantitative estimate of drug-likeness (QED) is 0.405. The van der Waals surface area contributed by atoms with Crippen molar-refractivity contribution in [2.75, 3.05) is 26.2 Å². The van der Waals surface area contributed by atoms with Crippen molar-refractivity contribution in [3.8, 4) is 0 Å². The molecule has 0 spiro atoms.